The number of fused-ring (bicyclic) bond motifs is 9. The van der Waals surface area contributed by atoms with Gasteiger partial charge in [0.15, 0.2) is 0 Å². The van der Waals surface area contributed by atoms with Crippen molar-refractivity contribution in [2.75, 3.05) is 4.90 Å². The highest BCUT2D eigenvalue weighted by Crippen LogP contribution is 2.42. The molecule has 0 aliphatic carbocycles. The number of rotatable bonds is 7. The molecule has 0 spiro atoms. The van der Waals surface area contributed by atoms with Crippen molar-refractivity contribution in [2.24, 2.45) is 0 Å². The van der Waals surface area contributed by atoms with Crippen LogP contribution in [0.3, 0.4) is 0 Å². The van der Waals surface area contributed by atoms with E-state index < -0.39 is 0 Å². The van der Waals surface area contributed by atoms with Gasteiger partial charge in [-0.25, -0.2) is 0 Å². The van der Waals surface area contributed by atoms with Crippen LogP contribution in [0.4, 0.5) is 17.1 Å². The lowest BCUT2D eigenvalue weighted by Crippen LogP contribution is -2.09. The zero-order valence-electron chi connectivity index (χ0n) is 34.2. The Bertz CT molecular complexity index is 3800. The van der Waals surface area contributed by atoms with Gasteiger partial charge in [-0.2, -0.15) is 0 Å². The van der Waals surface area contributed by atoms with Crippen molar-refractivity contribution < 1.29 is 0 Å². The van der Waals surface area contributed by atoms with Crippen molar-refractivity contribution in [1.29, 1.82) is 0 Å². The van der Waals surface area contributed by atoms with Gasteiger partial charge in [0, 0.05) is 58.8 Å². The summed E-state index contributed by atoms with van der Waals surface area (Å²) in [6.45, 7) is 0. The molecule has 3 aromatic heterocycles. The van der Waals surface area contributed by atoms with Crippen LogP contribution in [-0.4, -0.2) is 4.40 Å². The average molecular weight is 819 g/mol. The molecule has 0 atom stereocenters. The maximum atomic E-state index is 2.44. The molecule has 0 N–H and O–H groups in total. The third-order valence-corrected chi connectivity index (χ3v) is 14.1. The summed E-state index contributed by atoms with van der Waals surface area (Å²) in [7, 11) is 0. The number of anilines is 3. The van der Waals surface area contributed by atoms with Gasteiger partial charge in [0.25, 0.3) is 0 Å². The average Bonchev–Trinajstić information content (AvgIpc) is 4.02. The molecule has 0 radical (unpaired) electrons. The molecule has 0 aliphatic rings. The predicted molar refractivity (Wildman–Crippen MR) is 270 cm³/mol. The van der Waals surface area contributed by atoms with E-state index >= 15 is 0 Å². The highest BCUT2D eigenvalue weighted by molar-refractivity contribution is 7.25. The maximum absolute atomic E-state index is 2.44. The third-order valence-electron chi connectivity index (χ3n) is 13.0. The first-order chi connectivity index (χ1) is 31.2. The summed E-state index contributed by atoms with van der Waals surface area (Å²) in [5.41, 5.74) is 16.8. The number of aromatic nitrogens is 1. The second-order valence-corrected chi connectivity index (χ2v) is 17.6. The van der Waals surface area contributed by atoms with E-state index in [1.807, 2.05) is 11.3 Å². The van der Waals surface area contributed by atoms with Gasteiger partial charge in [-0.1, -0.05) is 158 Å². The van der Waals surface area contributed by atoms with Crippen LogP contribution in [-0.2, 0) is 0 Å². The molecule has 294 valence electrons. The van der Waals surface area contributed by atoms with Crippen LogP contribution < -0.4 is 4.90 Å². The van der Waals surface area contributed by atoms with Gasteiger partial charge in [-0.15, -0.1) is 11.3 Å². The van der Waals surface area contributed by atoms with Crippen LogP contribution in [0, 0.1) is 0 Å². The SMILES string of the molecule is c1ccc(-c2ccc(-c3ccc(N(c4ccc(-c5ccc6sc7ccccc7c6c5)cc4)c4ccc(-c5ccc6c(c5)c5cccc7c8ccccc8n6c75)cc4)cc3)cc2)cc1. The fraction of sp³-hybridized carbons (Fsp3) is 0. The number of hydrogen-bond donors (Lipinski definition) is 0. The Morgan fingerprint density at radius 1 is 0.270 bits per heavy atom. The summed E-state index contributed by atoms with van der Waals surface area (Å²) in [5.74, 6) is 0. The molecule has 0 amide bonds. The smallest absolute Gasteiger partial charge is 0.0620 e. The van der Waals surface area contributed by atoms with Gasteiger partial charge in [0.2, 0.25) is 0 Å². The minimum Gasteiger partial charge on any atom is -0.311 e. The molecule has 13 rings (SSSR count). The maximum Gasteiger partial charge on any atom is 0.0620 e. The minimum absolute atomic E-state index is 1.10. The van der Waals surface area contributed by atoms with E-state index in [-0.39, 0.29) is 0 Å². The lowest BCUT2D eigenvalue weighted by molar-refractivity contribution is 1.28. The van der Waals surface area contributed by atoms with E-state index in [0.717, 1.165) is 17.1 Å². The van der Waals surface area contributed by atoms with E-state index in [9.17, 15) is 0 Å². The summed E-state index contributed by atoms with van der Waals surface area (Å²) < 4.78 is 5.09. The summed E-state index contributed by atoms with van der Waals surface area (Å²) in [6.07, 6.45) is 0. The van der Waals surface area contributed by atoms with E-state index in [4.69, 9.17) is 0 Å². The molecule has 63 heavy (non-hydrogen) atoms. The zero-order valence-corrected chi connectivity index (χ0v) is 35.1. The Morgan fingerprint density at radius 2 is 0.683 bits per heavy atom. The first-order valence-electron chi connectivity index (χ1n) is 21.6. The highest BCUT2D eigenvalue weighted by atomic mass is 32.1. The molecule has 0 aliphatic heterocycles. The Morgan fingerprint density at radius 3 is 1.32 bits per heavy atom. The molecular formula is C60H38N2S. The van der Waals surface area contributed by atoms with Crippen LogP contribution in [0.5, 0.6) is 0 Å². The second kappa shape index (κ2) is 14.3. The molecular weight excluding hydrogens is 781 g/mol. The molecule has 10 aromatic carbocycles. The van der Waals surface area contributed by atoms with Crippen molar-refractivity contribution in [1.82, 2.24) is 4.40 Å². The molecule has 3 heterocycles. The Labute approximate surface area is 369 Å². The van der Waals surface area contributed by atoms with Crippen LogP contribution in [0.15, 0.2) is 231 Å². The van der Waals surface area contributed by atoms with Crippen molar-refractivity contribution >= 4 is 86.7 Å². The molecule has 0 unspecified atom stereocenters. The molecule has 0 saturated heterocycles. The van der Waals surface area contributed by atoms with E-state index in [0.29, 0.717) is 0 Å². The minimum atomic E-state index is 1.10. The number of hydrogen-bond acceptors (Lipinski definition) is 2. The normalized spacial score (nSPS) is 11.8. The Balaban J connectivity index is 0.869. The van der Waals surface area contributed by atoms with Crippen LogP contribution in [0.25, 0.3) is 103 Å². The molecule has 0 fully saturated rings. The number of para-hydroxylation sites is 2. The fourth-order valence-corrected chi connectivity index (χ4v) is 10.9. The van der Waals surface area contributed by atoms with Gasteiger partial charge in [0.05, 0.1) is 16.6 Å². The van der Waals surface area contributed by atoms with Gasteiger partial charge >= 0.3 is 0 Å². The first-order valence-corrected chi connectivity index (χ1v) is 22.4. The van der Waals surface area contributed by atoms with Crippen molar-refractivity contribution in [3.63, 3.8) is 0 Å². The third kappa shape index (κ3) is 5.85. The monoisotopic (exact) mass is 818 g/mol. The Hall–Kier alpha value is -7.98. The standard InChI is InChI=1S/C60H38N2S/c1-2-9-39(10-3-1)40-17-19-41(20-18-40)42-21-29-47(30-22-42)61(49-33-25-44(26-34-49)46-28-36-59-55(38-46)51-12-5-7-16-58(51)63-59)48-31-23-43(24-32-48)45-27-35-57-54(37-45)53-14-8-13-52-50-11-4-6-15-56(50)62(57)60(52)53/h1-38H. The Kier molecular flexibility index (Phi) is 8.12. The highest BCUT2D eigenvalue weighted by Gasteiger charge is 2.18. The largest absolute Gasteiger partial charge is 0.311 e. The van der Waals surface area contributed by atoms with Crippen LogP contribution >= 0.6 is 11.3 Å². The number of nitrogens with zero attached hydrogens (tertiary/aromatic N) is 2. The van der Waals surface area contributed by atoms with E-state index in [1.54, 1.807) is 0 Å². The second-order valence-electron chi connectivity index (χ2n) is 16.5. The van der Waals surface area contributed by atoms with E-state index in [1.165, 1.54) is 103 Å². The summed E-state index contributed by atoms with van der Waals surface area (Å²) in [5, 5.41) is 7.83. The predicted octanol–water partition coefficient (Wildman–Crippen LogP) is 17.3. The van der Waals surface area contributed by atoms with Crippen molar-refractivity contribution in [2.45, 2.75) is 0 Å². The van der Waals surface area contributed by atoms with Gasteiger partial charge < -0.3 is 9.30 Å². The summed E-state index contributed by atoms with van der Waals surface area (Å²) in [4.78, 5) is 2.37. The lowest BCUT2D eigenvalue weighted by Gasteiger charge is -2.26. The summed E-state index contributed by atoms with van der Waals surface area (Å²) in [6, 6.07) is 84.6. The summed E-state index contributed by atoms with van der Waals surface area (Å²) >= 11 is 1.86. The quantitative estimate of drug-likeness (QED) is 0.155. The fourth-order valence-electron chi connectivity index (χ4n) is 9.86. The topological polar surface area (TPSA) is 7.65 Å². The molecule has 0 saturated carbocycles. The molecule has 0 bridgehead atoms. The van der Waals surface area contributed by atoms with E-state index in [2.05, 4.69) is 240 Å². The van der Waals surface area contributed by atoms with Gasteiger partial charge in [-0.05, 0) is 117 Å². The zero-order chi connectivity index (χ0) is 41.4. The van der Waals surface area contributed by atoms with Crippen LogP contribution in [0.2, 0.25) is 0 Å². The molecule has 2 nitrogen and oxygen atoms in total. The van der Waals surface area contributed by atoms with Gasteiger partial charge in [0.1, 0.15) is 0 Å². The molecule has 13 aromatic rings. The number of benzene rings is 10. The van der Waals surface area contributed by atoms with Crippen LogP contribution in [0.1, 0.15) is 0 Å². The van der Waals surface area contributed by atoms with Crippen molar-refractivity contribution in [3.8, 4) is 44.5 Å². The lowest BCUT2D eigenvalue weighted by atomic mass is 9.99. The number of thiophene rings is 1. The van der Waals surface area contributed by atoms with Crippen molar-refractivity contribution in [3.05, 3.63) is 231 Å². The van der Waals surface area contributed by atoms with Gasteiger partial charge in [-0.3, -0.25) is 0 Å². The molecule has 3 heteroatoms. The first kappa shape index (κ1) is 35.7.